The molecule has 0 aromatic heterocycles. The quantitative estimate of drug-likeness (QED) is 0.506. The number of aliphatic imine (C=N–C) groups is 1. The Kier molecular flexibility index (Phi) is 1.85. The predicted molar refractivity (Wildman–Crippen MR) is 51.2 cm³/mol. The van der Waals surface area contributed by atoms with Gasteiger partial charge in [0, 0.05) is 5.92 Å². The van der Waals surface area contributed by atoms with E-state index in [4.69, 9.17) is 5.73 Å². The van der Waals surface area contributed by atoms with Crippen LogP contribution in [0.25, 0.3) is 0 Å². The molecule has 0 spiro atoms. The Labute approximate surface area is 74.2 Å². The first-order chi connectivity index (χ1) is 5.76. The van der Waals surface area contributed by atoms with Gasteiger partial charge in [-0.25, -0.2) is 0 Å². The van der Waals surface area contributed by atoms with Gasteiger partial charge in [0.05, 0.1) is 11.4 Å². The van der Waals surface area contributed by atoms with E-state index in [-0.39, 0.29) is 5.54 Å². The maximum atomic E-state index is 5.90. The Balaban J connectivity index is 2.01. The van der Waals surface area contributed by atoms with E-state index in [1.807, 2.05) is 0 Å². The molecule has 0 heterocycles. The van der Waals surface area contributed by atoms with E-state index in [0.29, 0.717) is 5.92 Å². The van der Waals surface area contributed by atoms with Crippen LogP contribution in [0.1, 0.15) is 45.4 Å². The van der Waals surface area contributed by atoms with Gasteiger partial charge in [-0.05, 0) is 38.5 Å². The summed E-state index contributed by atoms with van der Waals surface area (Å²) in [7, 11) is 0. The summed E-state index contributed by atoms with van der Waals surface area (Å²) in [6.45, 7) is 2.23. The molecule has 0 bridgehead atoms. The number of nitrogens with zero attached hydrogens (tertiary/aromatic N) is 1. The molecular weight excluding hydrogens is 148 g/mol. The first-order valence-electron chi connectivity index (χ1n) is 5.11. The van der Waals surface area contributed by atoms with Crippen LogP contribution in [0.2, 0.25) is 0 Å². The molecule has 0 amide bonds. The number of amidine groups is 1. The van der Waals surface area contributed by atoms with Crippen molar-refractivity contribution in [2.45, 2.75) is 51.0 Å². The smallest absolute Gasteiger partial charge is 0.0975 e. The second kappa shape index (κ2) is 2.75. The van der Waals surface area contributed by atoms with Crippen LogP contribution in [-0.4, -0.2) is 11.4 Å². The third kappa shape index (κ3) is 1.35. The number of nitrogens with two attached hydrogens (primary N) is 1. The molecule has 2 rings (SSSR count). The van der Waals surface area contributed by atoms with E-state index in [2.05, 4.69) is 11.9 Å². The highest BCUT2D eigenvalue weighted by Crippen LogP contribution is 2.40. The molecule has 2 saturated carbocycles. The summed E-state index contributed by atoms with van der Waals surface area (Å²) in [4.78, 5) is 4.69. The molecule has 2 aliphatic carbocycles. The lowest BCUT2D eigenvalue weighted by Crippen LogP contribution is -2.37. The molecule has 2 N–H and O–H groups in total. The molecule has 2 nitrogen and oxygen atoms in total. The number of hydrogen-bond donors (Lipinski definition) is 1. The molecule has 2 fully saturated rings. The summed E-state index contributed by atoms with van der Waals surface area (Å²) in [6.07, 6.45) is 7.58. The van der Waals surface area contributed by atoms with E-state index < -0.39 is 0 Å². The van der Waals surface area contributed by atoms with Crippen molar-refractivity contribution in [3.63, 3.8) is 0 Å². The van der Waals surface area contributed by atoms with Gasteiger partial charge in [-0.3, -0.25) is 4.99 Å². The molecule has 0 saturated heterocycles. The highest BCUT2D eigenvalue weighted by Gasteiger charge is 2.36. The van der Waals surface area contributed by atoms with E-state index >= 15 is 0 Å². The van der Waals surface area contributed by atoms with E-state index in [9.17, 15) is 0 Å². The molecule has 0 atom stereocenters. The topological polar surface area (TPSA) is 38.4 Å². The highest BCUT2D eigenvalue weighted by molar-refractivity contribution is 5.85. The fraction of sp³-hybridized carbons (Fsp3) is 0.900. The van der Waals surface area contributed by atoms with Gasteiger partial charge in [-0.2, -0.15) is 0 Å². The maximum absolute atomic E-state index is 5.90. The largest absolute Gasteiger partial charge is 0.387 e. The van der Waals surface area contributed by atoms with Gasteiger partial charge in [0.15, 0.2) is 0 Å². The van der Waals surface area contributed by atoms with Crippen LogP contribution in [0.3, 0.4) is 0 Å². The van der Waals surface area contributed by atoms with Crippen molar-refractivity contribution in [3.8, 4) is 0 Å². The first kappa shape index (κ1) is 8.09. The van der Waals surface area contributed by atoms with E-state index in [1.54, 1.807) is 0 Å². The van der Waals surface area contributed by atoms with Gasteiger partial charge in [0.25, 0.3) is 0 Å². The molecular formula is C10H18N2. The van der Waals surface area contributed by atoms with Crippen LogP contribution in [0.4, 0.5) is 0 Å². The van der Waals surface area contributed by atoms with Crippen molar-refractivity contribution in [2.75, 3.05) is 0 Å². The van der Waals surface area contributed by atoms with Gasteiger partial charge in [-0.15, -0.1) is 0 Å². The molecule has 12 heavy (non-hydrogen) atoms. The van der Waals surface area contributed by atoms with Crippen LogP contribution >= 0.6 is 0 Å². The zero-order valence-electron chi connectivity index (χ0n) is 7.84. The first-order valence-corrected chi connectivity index (χ1v) is 5.11. The Hall–Kier alpha value is -0.530. The Morgan fingerprint density at radius 1 is 1.50 bits per heavy atom. The maximum Gasteiger partial charge on any atom is 0.0975 e. The standard InChI is InChI=1S/C10H18N2/c1-2-10(6-3-7-10)12-9(11)8-4-5-8/h8H,2-7H2,1H3,(H2,11,12). The van der Waals surface area contributed by atoms with Gasteiger partial charge < -0.3 is 5.73 Å². The summed E-state index contributed by atoms with van der Waals surface area (Å²) in [5.74, 6) is 1.59. The van der Waals surface area contributed by atoms with Crippen LogP contribution in [0.5, 0.6) is 0 Å². The third-order valence-corrected chi connectivity index (χ3v) is 3.30. The molecule has 68 valence electrons. The minimum atomic E-state index is 0.271. The molecule has 0 aromatic carbocycles. The zero-order chi connectivity index (χ0) is 8.60. The fourth-order valence-corrected chi connectivity index (χ4v) is 1.87. The number of hydrogen-bond acceptors (Lipinski definition) is 1. The summed E-state index contributed by atoms with van der Waals surface area (Å²) in [5.41, 5.74) is 6.17. The molecule has 0 aliphatic heterocycles. The lowest BCUT2D eigenvalue weighted by molar-refractivity contribution is 0.243. The van der Waals surface area contributed by atoms with Crippen molar-refractivity contribution < 1.29 is 0 Å². The summed E-state index contributed by atoms with van der Waals surface area (Å²) in [5, 5.41) is 0. The van der Waals surface area contributed by atoms with Crippen LogP contribution in [-0.2, 0) is 0 Å². The normalized spacial score (nSPS) is 28.2. The predicted octanol–water partition coefficient (Wildman–Crippen LogP) is 2.09. The molecule has 0 radical (unpaired) electrons. The van der Waals surface area contributed by atoms with E-state index in [1.165, 1.54) is 38.5 Å². The molecule has 2 aliphatic rings. The van der Waals surface area contributed by atoms with E-state index in [0.717, 1.165) is 5.84 Å². The fourth-order valence-electron chi connectivity index (χ4n) is 1.87. The Morgan fingerprint density at radius 2 is 2.17 bits per heavy atom. The Morgan fingerprint density at radius 3 is 2.50 bits per heavy atom. The second-order valence-electron chi connectivity index (χ2n) is 4.24. The Bertz CT molecular complexity index is 194. The molecule has 0 unspecified atom stereocenters. The second-order valence-corrected chi connectivity index (χ2v) is 4.24. The summed E-state index contributed by atoms with van der Waals surface area (Å²) < 4.78 is 0. The van der Waals surface area contributed by atoms with Gasteiger partial charge >= 0.3 is 0 Å². The van der Waals surface area contributed by atoms with Crippen LogP contribution < -0.4 is 5.73 Å². The van der Waals surface area contributed by atoms with Crippen LogP contribution in [0, 0.1) is 5.92 Å². The molecule has 2 heteroatoms. The zero-order valence-corrected chi connectivity index (χ0v) is 7.84. The molecule has 0 aromatic rings. The van der Waals surface area contributed by atoms with Crippen molar-refractivity contribution in [2.24, 2.45) is 16.6 Å². The van der Waals surface area contributed by atoms with Crippen molar-refractivity contribution in [1.82, 2.24) is 0 Å². The monoisotopic (exact) mass is 166 g/mol. The lowest BCUT2D eigenvalue weighted by Gasteiger charge is -2.37. The summed E-state index contributed by atoms with van der Waals surface area (Å²) >= 11 is 0. The van der Waals surface area contributed by atoms with Gasteiger partial charge in [0.2, 0.25) is 0 Å². The average Bonchev–Trinajstić information content (AvgIpc) is 2.78. The average molecular weight is 166 g/mol. The van der Waals surface area contributed by atoms with Gasteiger partial charge in [-0.1, -0.05) is 6.92 Å². The summed E-state index contributed by atoms with van der Waals surface area (Å²) in [6, 6.07) is 0. The van der Waals surface area contributed by atoms with Gasteiger partial charge in [0.1, 0.15) is 0 Å². The van der Waals surface area contributed by atoms with Crippen molar-refractivity contribution in [3.05, 3.63) is 0 Å². The minimum absolute atomic E-state index is 0.271. The van der Waals surface area contributed by atoms with Crippen molar-refractivity contribution >= 4 is 5.84 Å². The van der Waals surface area contributed by atoms with Crippen LogP contribution in [0.15, 0.2) is 4.99 Å². The third-order valence-electron chi connectivity index (χ3n) is 3.30. The lowest BCUT2D eigenvalue weighted by atomic mass is 9.75. The highest BCUT2D eigenvalue weighted by atomic mass is 15.0. The minimum Gasteiger partial charge on any atom is -0.387 e. The number of rotatable bonds is 3. The van der Waals surface area contributed by atoms with Crippen molar-refractivity contribution in [1.29, 1.82) is 0 Å². The SMILES string of the molecule is CCC1(N=C(N)C2CC2)CCC1.